The first-order chi connectivity index (χ1) is 11.8. The van der Waals surface area contributed by atoms with E-state index in [1.54, 1.807) is 25.3 Å². The normalized spacial score (nSPS) is 14.9. The van der Waals surface area contributed by atoms with E-state index in [1.807, 2.05) is 6.92 Å². The van der Waals surface area contributed by atoms with Crippen molar-refractivity contribution in [2.45, 2.75) is 51.1 Å². The highest BCUT2D eigenvalue weighted by molar-refractivity contribution is 5.75. The van der Waals surface area contributed by atoms with Gasteiger partial charge in [-0.05, 0) is 43.5 Å². The van der Waals surface area contributed by atoms with Crippen LogP contribution in [-0.2, 0) is 4.79 Å². The highest BCUT2D eigenvalue weighted by Crippen LogP contribution is 2.17. The molecular formula is C18H31N3O4. The Kier molecular flexibility index (Phi) is 12.3. The van der Waals surface area contributed by atoms with Gasteiger partial charge in [0, 0.05) is 18.2 Å². The van der Waals surface area contributed by atoms with Gasteiger partial charge < -0.3 is 27.0 Å². The van der Waals surface area contributed by atoms with Crippen LogP contribution in [0.3, 0.4) is 0 Å². The number of aldehydes is 1. The number of benzene rings is 1. The molecule has 0 spiro atoms. The molecule has 1 aliphatic carbocycles. The number of hydrogen-bond donors (Lipinski definition) is 4. The number of carbonyl (C=O) groups is 2. The van der Waals surface area contributed by atoms with Crippen molar-refractivity contribution in [1.82, 2.24) is 0 Å². The van der Waals surface area contributed by atoms with E-state index in [4.69, 9.17) is 27.0 Å². The Morgan fingerprint density at radius 3 is 2.24 bits per heavy atom. The second-order valence-corrected chi connectivity index (χ2v) is 5.93. The maximum absolute atomic E-state index is 10.3. The first-order valence-electron chi connectivity index (χ1n) is 8.39. The molecule has 7 N–H and O–H groups in total. The highest BCUT2D eigenvalue weighted by atomic mass is 16.5. The second kappa shape index (κ2) is 13.3. The molecule has 0 saturated heterocycles. The van der Waals surface area contributed by atoms with Crippen molar-refractivity contribution in [3.8, 4) is 5.75 Å². The van der Waals surface area contributed by atoms with E-state index in [0.29, 0.717) is 11.6 Å². The lowest BCUT2D eigenvalue weighted by Crippen LogP contribution is -2.37. The quantitative estimate of drug-likeness (QED) is 0.600. The Labute approximate surface area is 149 Å². The Morgan fingerprint density at radius 1 is 1.36 bits per heavy atom. The molecular weight excluding hydrogens is 322 g/mol. The number of carboxylic acids is 1. The summed E-state index contributed by atoms with van der Waals surface area (Å²) in [4.78, 5) is 20.0. The summed E-state index contributed by atoms with van der Waals surface area (Å²) >= 11 is 0. The molecule has 1 saturated carbocycles. The summed E-state index contributed by atoms with van der Waals surface area (Å²) in [7, 11) is 1.61. The van der Waals surface area contributed by atoms with E-state index in [2.05, 4.69) is 0 Å². The molecule has 1 aliphatic rings. The number of carbonyl (C=O) groups excluding carboxylic acids is 1. The molecule has 0 aliphatic heterocycles. The third-order valence-electron chi connectivity index (χ3n) is 3.78. The van der Waals surface area contributed by atoms with Crippen LogP contribution in [0.15, 0.2) is 18.2 Å². The Morgan fingerprint density at radius 2 is 1.96 bits per heavy atom. The predicted octanol–water partition coefficient (Wildman–Crippen LogP) is 1.45. The minimum absolute atomic E-state index is 0.00463. The van der Waals surface area contributed by atoms with Crippen molar-refractivity contribution in [3.05, 3.63) is 29.3 Å². The fraction of sp³-hybridized carbons (Fsp3) is 0.556. The third-order valence-corrected chi connectivity index (χ3v) is 3.78. The number of carboxylic acid groups (broad SMARTS) is 1. The van der Waals surface area contributed by atoms with Gasteiger partial charge >= 0.3 is 5.97 Å². The summed E-state index contributed by atoms with van der Waals surface area (Å²) in [6.07, 6.45) is 7.49. The van der Waals surface area contributed by atoms with Crippen LogP contribution >= 0.6 is 0 Å². The van der Waals surface area contributed by atoms with Gasteiger partial charge in [0.2, 0.25) is 0 Å². The summed E-state index contributed by atoms with van der Waals surface area (Å²) < 4.78 is 5.03. The first-order valence-corrected chi connectivity index (χ1v) is 8.39. The monoisotopic (exact) mass is 353 g/mol. The van der Waals surface area contributed by atoms with E-state index >= 15 is 0 Å². The topological polar surface area (TPSA) is 142 Å². The van der Waals surface area contributed by atoms with Crippen LogP contribution < -0.4 is 21.9 Å². The molecule has 0 aromatic heterocycles. The van der Waals surface area contributed by atoms with Gasteiger partial charge in [-0.2, -0.15) is 0 Å². The number of hydrogen-bond acceptors (Lipinski definition) is 6. The van der Waals surface area contributed by atoms with Gasteiger partial charge in [0.1, 0.15) is 18.1 Å². The molecule has 0 bridgehead atoms. The van der Waals surface area contributed by atoms with Gasteiger partial charge in [-0.3, -0.25) is 9.59 Å². The van der Waals surface area contributed by atoms with Crippen molar-refractivity contribution in [2.24, 2.45) is 17.2 Å². The van der Waals surface area contributed by atoms with Crippen LogP contribution in [0, 0.1) is 6.92 Å². The fourth-order valence-electron chi connectivity index (χ4n) is 2.21. The average Bonchev–Trinajstić information content (AvgIpc) is 2.62. The number of aliphatic carboxylic acids is 1. The zero-order valence-corrected chi connectivity index (χ0v) is 15.1. The molecule has 7 heteroatoms. The molecule has 25 heavy (non-hydrogen) atoms. The van der Waals surface area contributed by atoms with Crippen molar-refractivity contribution in [2.75, 3.05) is 13.7 Å². The minimum Gasteiger partial charge on any atom is -0.496 e. The minimum atomic E-state index is -1.05. The van der Waals surface area contributed by atoms with E-state index in [9.17, 15) is 9.59 Å². The molecule has 1 atom stereocenters. The number of aryl methyl sites for hydroxylation is 1. The van der Waals surface area contributed by atoms with Gasteiger partial charge in [0.15, 0.2) is 0 Å². The van der Waals surface area contributed by atoms with Crippen LogP contribution in [0.1, 0.15) is 48.0 Å². The molecule has 0 amide bonds. The van der Waals surface area contributed by atoms with E-state index in [-0.39, 0.29) is 6.54 Å². The van der Waals surface area contributed by atoms with Crippen LogP contribution in [-0.4, -0.2) is 43.1 Å². The van der Waals surface area contributed by atoms with Crippen molar-refractivity contribution in [1.29, 1.82) is 0 Å². The zero-order chi connectivity index (χ0) is 19.2. The van der Waals surface area contributed by atoms with Crippen LogP contribution in [0.4, 0.5) is 0 Å². The van der Waals surface area contributed by atoms with Crippen LogP contribution in [0.25, 0.3) is 0 Å². The third kappa shape index (κ3) is 10.5. The lowest BCUT2D eigenvalue weighted by Gasteiger charge is -2.15. The summed E-state index contributed by atoms with van der Waals surface area (Å²) in [6.45, 7) is 1.90. The lowest BCUT2D eigenvalue weighted by molar-refractivity contribution is -0.138. The first kappa shape index (κ1) is 23.0. The lowest BCUT2D eigenvalue weighted by atomic mass is 9.97. The maximum atomic E-state index is 10.3. The number of methoxy groups -OCH3 is 1. The number of rotatable bonds is 4. The summed E-state index contributed by atoms with van der Waals surface area (Å²) in [5, 5.41) is 7.98. The summed E-state index contributed by atoms with van der Waals surface area (Å²) in [5.41, 5.74) is 17.1. The molecule has 1 fully saturated rings. The molecule has 1 unspecified atom stereocenters. The van der Waals surface area contributed by atoms with Crippen LogP contribution in [0.5, 0.6) is 5.75 Å². The van der Waals surface area contributed by atoms with Gasteiger partial charge in [-0.1, -0.05) is 19.3 Å². The van der Waals surface area contributed by atoms with Gasteiger partial charge in [-0.25, -0.2) is 0 Å². The predicted molar refractivity (Wildman–Crippen MR) is 98.8 cm³/mol. The van der Waals surface area contributed by atoms with E-state index in [1.165, 1.54) is 32.1 Å². The summed E-state index contributed by atoms with van der Waals surface area (Å²) in [5.74, 6) is -0.238. The van der Waals surface area contributed by atoms with Gasteiger partial charge in [-0.15, -0.1) is 0 Å². The largest absolute Gasteiger partial charge is 0.496 e. The van der Waals surface area contributed by atoms with Gasteiger partial charge in [0.05, 0.1) is 7.11 Å². The fourth-order valence-corrected chi connectivity index (χ4v) is 2.21. The standard InChI is InChI=1S/C9H10O2.C6H13N.C3H8N2O2/c1-7-5-8(6-10)3-4-9(7)11-2;7-6-4-2-1-3-5-6;4-1-2(5)3(6)7/h3-6H,1-2H3;6H,1-5,7H2;2H,1,4-5H2,(H,6,7). The molecule has 7 nitrogen and oxygen atoms in total. The SMILES string of the molecule is COc1ccc(C=O)cc1C.NC1CCCCC1.NCC(N)C(=O)O. The molecule has 0 heterocycles. The van der Waals surface area contributed by atoms with Crippen molar-refractivity contribution < 1.29 is 19.4 Å². The molecule has 2 rings (SSSR count). The van der Waals surface area contributed by atoms with E-state index in [0.717, 1.165) is 17.6 Å². The summed E-state index contributed by atoms with van der Waals surface area (Å²) in [6, 6.07) is 4.96. The Balaban J connectivity index is 0.000000362. The second-order valence-electron chi connectivity index (χ2n) is 5.93. The Hall–Kier alpha value is -1.96. The molecule has 1 aromatic rings. The van der Waals surface area contributed by atoms with Crippen molar-refractivity contribution in [3.63, 3.8) is 0 Å². The van der Waals surface area contributed by atoms with E-state index < -0.39 is 12.0 Å². The smallest absolute Gasteiger partial charge is 0.321 e. The highest BCUT2D eigenvalue weighted by Gasteiger charge is 2.06. The molecule has 0 radical (unpaired) electrons. The molecule has 1 aromatic carbocycles. The zero-order valence-electron chi connectivity index (χ0n) is 15.1. The van der Waals surface area contributed by atoms with Gasteiger partial charge in [0.25, 0.3) is 0 Å². The molecule has 142 valence electrons. The average molecular weight is 353 g/mol. The maximum Gasteiger partial charge on any atom is 0.321 e. The van der Waals surface area contributed by atoms with Crippen molar-refractivity contribution >= 4 is 12.3 Å². The number of nitrogens with two attached hydrogens (primary N) is 3. The Bertz CT molecular complexity index is 517. The number of ether oxygens (including phenoxy) is 1. The van der Waals surface area contributed by atoms with Crippen LogP contribution in [0.2, 0.25) is 0 Å².